The molecule has 1 aliphatic rings. The topological polar surface area (TPSA) is 55.8 Å². The van der Waals surface area contributed by atoms with E-state index in [4.69, 9.17) is 9.47 Å². The molecule has 25 heavy (non-hydrogen) atoms. The van der Waals surface area contributed by atoms with Gasteiger partial charge in [-0.15, -0.1) is 0 Å². The smallest absolute Gasteiger partial charge is 0.332 e. The lowest BCUT2D eigenvalue weighted by Crippen LogP contribution is -2.68. The zero-order valence-electron chi connectivity index (χ0n) is 14.4. The summed E-state index contributed by atoms with van der Waals surface area (Å²) in [6, 6.07) is 17.2. The highest BCUT2D eigenvalue weighted by Gasteiger charge is 2.57. The molecule has 0 unspecified atom stereocenters. The first-order valence-corrected chi connectivity index (χ1v) is 8.15. The quantitative estimate of drug-likeness (QED) is 0.600. The molecule has 2 aromatic carbocycles. The number of carbonyl (C=O) groups excluding carboxylic acids is 2. The third kappa shape index (κ3) is 3.22. The van der Waals surface area contributed by atoms with Crippen molar-refractivity contribution in [3.8, 4) is 5.75 Å². The number of amides is 1. The van der Waals surface area contributed by atoms with Crippen LogP contribution in [0, 0.1) is 0 Å². The summed E-state index contributed by atoms with van der Waals surface area (Å²) < 4.78 is 10.2. The maximum atomic E-state index is 12.5. The number of benzene rings is 2. The van der Waals surface area contributed by atoms with Crippen molar-refractivity contribution in [1.82, 2.24) is 4.90 Å². The van der Waals surface area contributed by atoms with Gasteiger partial charge in [-0.1, -0.05) is 42.5 Å². The predicted octanol–water partition coefficient (Wildman–Crippen LogP) is 2.58. The fraction of sp³-hybridized carbons (Fsp3) is 0.300. The van der Waals surface area contributed by atoms with E-state index in [2.05, 4.69) is 0 Å². The standard InChI is InChI=1S/C20H21NO4/c1-24-17-10-8-16(9-11-17)14-21-18(22)13-20(21,19(23)25-2)12-15-6-4-3-5-7-15/h3-11H,12-14H2,1-2H3/t20-/m0/s1. The van der Waals surface area contributed by atoms with Gasteiger partial charge in [0.05, 0.1) is 20.6 Å². The summed E-state index contributed by atoms with van der Waals surface area (Å²) in [6.45, 7) is 0.366. The van der Waals surface area contributed by atoms with E-state index >= 15 is 0 Å². The van der Waals surface area contributed by atoms with Crippen LogP contribution in [-0.4, -0.2) is 36.5 Å². The summed E-state index contributed by atoms with van der Waals surface area (Å²) in [4.78, 5) is 26.4. The Morgan fingerprint density at radius 3 is 2.28 bits per heavy atom. The summed E-state index contributed by atoms with van der Waals surface area (Å²) in [5.41, 5.74) is 1.00. The maximum Gasteiger partial charge on any atom is 0.332 e. The molecule has 2 aromatic rings. The van der Waals surface area contributed by atoms with Crippen LogP contribution in [0.3, 0.4) is 0 Å². The van der Waals surface area contributed by atoms with Gasteiger partial charge < -0.3 is 14.4 Å². The summed E-state index contributed by atoms with van der Waals surface area (Å²) >= 11 is 0. The summed E-state index contributed by atoms with van der Waals surface area (Å²) in [7, 11) is 2.97. The second kappa shape index (κ2) is 6.97. The van der Waals surface area contributed by atoms with Gasteiger partial charge in [0.2, 0.25) is 5.91 Å². The number of hydrogen-bond acceptors (Lipinski definition) is 4. The van der Waals surface area contributed by atoms with Crippen LogP contribution in [0.4, 0.5) is 0 Å². The second-order valence-corrected chi connectivity index (χ2v) is 6.19. The largest absolute Gasteiger partial charge is 0.497 e. The Bertz CT molecular complexity index is 757. The predicted molar refractivity (Wildman–Crippen MR) is 93.1 cm³/mol. The fourth-order valence-corrected chi connectivity index (χ4v) is 3.28. The molecule has 1 atom stereocenters. The van der Waals surface area contributed by atoms with Gasteiger partial charge in [-0.05, 0) is 23.3 Å². The number of carbonyl (C=O) groups is 2. The van der Waals surface area contributed by atoms with Crippen molar-refractivity contribution in [3.05, 3.63) is 65.7 Å². The van der Waals surface area contributed by atoms with E-state index in [-0.39, 0.29) is 18.3 Å². The average Bonchev–Trinajstić information content (AvgIpc) is 2.66. The van der Waals surface area contributed by atoms with Gasteiger partial charge in [0.1, 0.15) is 5.75 Å². The van der Waals surface area contributed by atoms with Gasteiger partial charge in [0.25, 0.3) is 0 Å². The number of nitrogens with zero attached hydrogens (tertiary/aromatic N) is 1. The SMILES string of the molecule is COC(=O)[C@]1(Cc2ccccc2)CC(=O)N1Cc1ccc(OC)cc1. The van der Waals surface area contributed by atoms with E-state index in [1.807, 2.05) is 54.6 Å². The Morgan fingerprint density at radius 2 is 1.72 bits per heavy atom. The van der Waals surface area contributed by atoms with E-state index in [9.17, 15) is 9.59 Å². The van der Waals surface area contributed by atoms with Crippen molar-refractivity contribution in [1.29, 1.82) is 0 Å². The normalized spacial score (nSPS) is 19.3. The molecule has 5 heteroatoms. The van der Waals surface area contributed by atoms with Gasteiger partial charge in [0, 0.05) is 13.0 Å². The number of esters is 1. The minimum Gasteiger partial charge on any atom is -0.497 e. The van der Waals surface area contributed by atoms with Crippen LogP contribution in [-0.2, 0) is 27.3 Å². The molecule has 1 saturated heterocycles. The molecule has 5 nitrogen and oxygen atoms in total. The van der Waals surface area contributed by atoms with E-state index < -0.39 is 5.54 Å². The number of rotatable bonds is 6. The van der Waals surface area contributed by atoms with Crippen LogP contribution in [0.1, 0.15) is 17.5 Å². The number of β-lactam (4-membered cyclic amide) rings is 1. The highest BCUT2D eigenvalue weighted by atomic mass is 16.5. The van der Waals surface area contributed by atoms with Crippen molar-refractivity contribution >= 4 is 11.9 Å². The Labute approximate surface area is 147 Å². The third-order valence-corrected chi connectivity index (χ3v) is 4.67. The van der Waals surface area contributed by atoms with Gasteiger partial charge in [0.15, 0.2) is 5.54 Å². The van der Waals surface area contributed by atoms with Crippen molar-refractivity contribution in [2.24, 2.45) is 0 Å². The highest BCUT2D eigenvalue weighted by Crippen LogP contribution is 2.38. The zero-order chi connectivity index (χ0) is 17.9. The Kier molecular flexibility index (Phi) is 4.74. The molecule has 0 N–H and O–H groups in total. The molecule has 0 saturated carbocycles. The minimum absolute atomic E-state index is 0.0443. The number of hydrogen-bond donors (Lipinski definition) is 0. The second-order valence-electron chi connectivity index (χ2n) is 6.19. The van der Waals surface area contributed by atoms with Crippen LogP contribution in [0.25, 0.3) is 0 Å². The highest BCUT2D eigenvalue weighted by molar-refractivity contribution is 5.99. The van der Waals surface area contributed by atoms with Crippen LogP contribution >= 0.6 is 0 Å². The molecule has 0 radical (unpaired) electrons. The fourth-order valence-electron chi connectivity index (χ4n) is 3.28. The van der Waals surface area contributed by atoms with Crippen LogP contribution in [0.5, 0.6) is 5.75 Å². The van der Waals surface area contributed by atoms with Crippen molar-refractivity contribution < 1.29 is 19.1 Å². The molecule has 0 aromatic heterocycles. The average molecular weight is 339 g/mol. The molecule has 1 fully saturated rings. The van der Waals surface area contributed by atoms with Gasteiger partial charge in [-0.3, -0.25) is 4.79 Å². The molecule has 0 spiro atoms. The maximum absolute atomic E-state index is 12.5. The van der Waals surface area contributed by atoms with Crippen LogP contribution in [0.2, 0.25) is 0 Å². The zero-order valence-corrected chi connectivity index (χ0v) is 14.4. The van der Waals surface area contributed by atoms with Gasteiger partial charge >= 0.3 is 5.97 Å². The first-order valence-electron chi connectivity index (χ1n) is 8.15. The first-order chi connectivity index (χ1) is 12.1. The first kappa shape index (κ1) is 17.0. The summed E-state index contributed by atoms with van der Waals surface area (Å²) in [5.74, 6) is 0.337. The van der Waals surface area contributed by atoms with Crippen LogP contribution in [0.15, 0.2) is 54.6 Å². The van der Waals surface area contributed by atoms with E-state index in [0.717, 1.165) is 16.9 Å². The van der Waals surface area contributed by atoms with Crippen molar-refractivity contribution in [2.45, 2.75) is 24.9 Å². The molecular weight excluding hydrogens is 318 g/mol. The Morgan fingerprint density at radius 1 is 1.04 bits per heavy atom. The van der Waals surface area contributed by atoms with E-state index in [1.165, 1.54) is 7.11 Å². The van der Waals surface area contributed by atoms with Crippen LogP contribution < -0.4 is 4.74 Å². The third-order valence-electron chi connectivity index (χ3n) is 4.67. The number of ether oxygens (including phenoxy) is 2. The lowest BCUT2D eigenvalue weighted by Gasteiger charge is -2.49. The molecule has 3 rings (SSSR count). The Hall–Kier alpha value is -2.82. The van der Waals surface area contributed by atoms with E-state index in [0.29, 0.717) is 13.0 Å². The lowest BCUT2D eigenvalue weighted by atomic mass is 9.78. The van der Waals surface area contributed by atoms with Crippen molar-refractivity contribution in [3.63, 3.8) is 0 Å². The molecule has 1 heterocycles. The molecule has 1 aliphatic heterocycles. The molecule has 0 bridgehead atoms. The molecule has 1 amide bonds. The molecular formula is C20H21NO4. The van der Waals surface area contributed by atoms with Crippen molar-refractivity contribution in [2.75, 3.05) is 14.2 Å². The van der Waals surface area contributed by atoms with E-state index in [1.54, 1.807) is 12.0 Å². The lowest BCUT2D eigenvalue weighted by molar-refractivity contribution is -0.179. The molecule has 130 valence electrons. The summed E-state index contributed by atoms with van der Waals surface area (Å²) in [5, 5.41) is 0. The number of likely N-dealkylation sites (tertiary alicyclic amines) is 1. The monoisotopic (exact) mass is 339 g/mol. The molecule has 0 aliphatic carbocycles. The van der Waals surface area contributed by atoms with Gasteiger partial charge in [-0.2, -0.15) is 0 Å². The number of methoxy groups -OCH3 is 2. The Balaban J connectivity index is 1.86. The van der Waals surface area contributed by atoms with Gasteiger partial charge in [-0.25, -0.2) is 4.79 Å². The summed E-state index contributed by atoms with van der Waals surface area (Å²) in [6.07, 6.45) is 0.618. The minimum atomic E-state index is -0.937.